The van der Waals surface area contributed by atoms with Crippen LogP contribution in [0.1, 0.15) is 46.5 Å². The molecule has 2 N–H and O–H groups in total. The minimum absolute atomic E-state index is 0.0232. The lowest BCUT2D eigenvalue weighted by atomic mass is 10.1. The second-order valence-electron chi connectivity index (χ2n) is 9.46. The molecule has 0 aliphatic carbocycles. The van der Waals surface area contributed by atoms with Crippen LogP contribution in [-0.4, -0.2) is 22.9 Å². The van der Waals surface area contributed by atoms with Crippen molar-refractivity contribution in [3.05, 3.63) is 41.9 Å². The lowest BCUT2D eigenvalue weighted by Crippen LogP contribution is -2.40. The second-order valence-corrected chi connectivity index (χ2v) is 14.3. The maximum atomic E-state index is 15.0. The van der Waals surface area contributed by atoms with Gasteiger partial charge in [-0.2, -0.15) is 0 Å². The van der Waals surface area contributed by atoms with Crippen molar-refractivity contribution in [2.24, 2.45) is 0 Å². The van der Waals surface area contributed by atoms with Crippen LogP contribution in [0.3, 0.4) is 0 Å². The Hall–Kier alpha value is -2.32. The fourth-order valence-corrected chi connectivity index (χ4v) is 4.09. The fourth-order valence-electron chi connectivity index (χ4n) is 3.17. The van der Waals surface area contributed by atoms with E-state index < -0.39 is 20.0 Å². The van der Waals surface area contributed by atoms with Crippen molar-refractivity contribution in [3.63, 3.8) is 0 Å². The molecule has 1 aromatic carbocycles. The average molecular weight is 433 g/mol. The minimum Gasteiger partial charge on any atom is -0.409 e. The highest BCUT2D eigenvalue weighted by molar-refractivity contribution is 6.74. The van der Waals surface area contributed by atoms with Crippen LogP contribution < -0.4 is 5.73 Å². The molecular formula is C22H30F2N4OSi. The Morgan fingerprint density at radius 3 is 2.40 bits per heavy atom. The summed E-state index contributed by atoms with van der Waals surface area (Å²) in [5, 5.41) is 0.0545. The number of imidazole rings is 1. The Kier molecular flexibility index (Phi) is 5.77. The first-order valence-electron chi connectivity index (χ1n) is 10.1. The van der Waals surface area contributed by atoms with Gasteiger partial charge in [-0.05, 0) is 55.7 Å². The third-order valence-electron chi connectivity index (χ3n) is 5.89. The van der Waals surface area contributed by atoms with E-state index in [-0.39, 0.29) is 28.0 Å². The zero-order valence-electron chi connectivity index (χ0n) is 18.7. The molecule has 3 aromatic rings. The third kappa shape index (κ3) is 4.11. The van der Waals surface area contributed by atoms with E-state index in [1.54, 1.807) is 6.07 Å². The fraction of sp³-hybridized carbons (Fsp3) is 0.455. The van der Waals surface area contributed by atoms with Gasteiger partial charge in [-0.25, -0.2) is 18.7 Å². The number of rotatable bonds is 5. The van der Waals surface area contributed by atoms with Crippen molar-refractivity contribution in [1.29, 1.82) is 0 Å². The lowest BCUT2D eigenvalue weighted by molar-refractivity contribution is 0.260. The van der Waals surface area contributed by atoms with Crippen molar-refractivity contribution < 1.29 is 13.2 Å². The molecule has 0 fully saturated rings. The SMILES string of the molecule is CC(C)n1c(CO[Si](C)(C)C(C)(C)C)nc2c(F)cc(-c3cc(N)ncc3F)cc21. The van der Waals surface area contributed by atoms with E-state index >= 15 is 4.39 Å². The molecule has 2 heterocycles. The Balaban J connectivity index is 2.12. The van der Waals surface area contributed by atoms with Gasteiger partial charge in [0.15, 0.2) is 14.1 Å². The molecule has 0 bridgehead atoms. The van der Waals surface area contributed by atoms with E-state index in [1.807, 2.05) is 18.4 Å². The highest BCUT2D eigenvalue weighted by atomic mass is 28.4. The van der Waals surface area contributed by atoms with E-state index in [0.717, 1.165) is 6.20 Å². The van der Waals surface area contributed by atoms with Gasteiger partial charge in [-0.1, -0.05) is 20.8 Å². The molecule has 3 rings (SSSR count). The van der Waals surface area contributed by atoms with E-state index in [1.165, 1.54) is 12.1 Å². The summed E-state index contributed by atoms with van der Waals surface area (Å²) < 4.78 is 37.6. The summed E-state index contributed by atoms with van der Waals surface area (Å²) in [4.78, 5) is 8.29. The zero-order chi connectivity index (χ0) is 22.4. The number of hydrogen-bond acceptors (Lipinski definition) is 4. The largest absolute Gasteiger partial charge is 0.409 e. The number of aromatic nitrogens is 3. The number of pyridine rings is 1. The van der Waals surface area contributed by atoms with Gasteiger partial charge in [0.1, 0.15) is 23.0 Å². The first kappa shape index (κ1) is 22.4. The summed E-state index contributed by atoms with van der Waals surface area (Å²) in [6.45, 7) is 15.2. The van der Waals surface area contributed by atoms with Gasteiger partial charge in [-0.15, -0.1) is 0 Å². The van der Waals surface area contributed by atoms with Gasteiger partial charge < -0.3 is 14.7 Å². The highest BCUT2D eigenvalue weighted by Gasteiger charge is 2.37. The number of anilines is 1. The van der Waals surface area contributed by atoms with Gasteiger partial charge in [0, 0.05) is 11.6 Å². The van der Waals surface area contributed by atoms with Crippen molar-refractivity contribution in [3.8, 4) is 11.1 Å². The molecule has 0 saturated carbocycles. The number of halogens is 2. The number of nitrogens with zero attached hydrogens (tertiary/aromatic N) is 3. The predicted octanol–water partition coefficient (Wildman–Crippen LogP) is 6.06. The summed E-state index contributed by atoms with van der Waals surface area (Å²) in [5.41, 5.74) is 7.17. The predicted molar refractivity (Wildman–Crippen MR) is 120 cm³/mol. The van der Waals surface area contributed by atoms with Gasteiger partial charge >= 0.3 is 0 Å². The molecular weight excluding hydrogens is 402 g/mol. The summed E-state index contributed by atoms with van der Waals surface area (Å²) in [7, 11) is -2.00. The van der Waals surface area contributed by atoms with Crippen molar-refractivity contribution in [2.45, 2.75) is 65.4 Å². The number of nitrogen functional groups attached to an aromatic ring is 1. The van der Waals surface area contributed by atoms with Gasteiger partial charge in [0.25, 0.3) is 0 Å². The Bertz CT molecular complexity index is 1090. The Labute approximate surface area is 177 Å². The summed E-state index contributed by atoms with van der Waals surface area (Å²) in [5.74, 6) is -0.228. The quantitative estimate of drug-likeness (QED) is 0.498. The standard InChI is InChI=1S/C22H30F2N4OSi/c1-13(2)28-18-9-14(15-10-19(25)26-11-17(15)24)8-16(23)21(18)27-20(28)12-29-30(6,7)22(3,4)5/h8-11,13H,12H2,1-7H3,(H2,25,26). The Morgan fingerprint density at radius 2 is 1.80 bits per heavy atom. The molecule has 0 unspecified atom stereocenters. The number of nitrogens with two attached hydrogens (primary N) is 1. The molecule has 0 aliphatic rings. The number of fused-ring (bicyclic) bond motifs is 1. The topological polar surface area (TPSA) is 66.0 Å². The van der Waals surface area contributed by atoms with Crippen molar-refractivity contribution in [1.82, 2.24) is 14.5 Å². The van der Waals surface area contributed by atoms with Crippen LogP contribution >= 0.6 is 0 Å². The van der Waals surface area contributed by atoms with E-state index in [9.17, 15) is 4.39 Å². The molecule has 5 nitrogen and oxygen atoms in total. The van der Waals surface area contributed by atoms with E-state index in [2.05, 4.69) is 43.8 Å². The van der Waals surface area contributed by atoms with E-state index in [0.29, 0.717) is 23.5 Å². The zero-order valence-corrected chi connectivity index (χ0v) is 19.7. The average Bonchev–Trinajstić information content (AvgIpc) is 3.00. The second kappa shape index (κ2) is 7.74. The molecule has 8 heteroatoms. The molecule has 0 radical (unpaired) electrons. The maximum Gasteiger partial charge on any atom is 0.192 e. The first-order valence-corrected chi connectivity index (χ1v) is 13.0. The smallest absolute Gasteiger partial charge is 0.192 e. The van der Waals surface area contributed by atoms with Gasteiger partial charge in [0.2, 0.25) is 0 Å². The van der Waals surface area contributed by atoms with Gasteiger partial charge in [0.05, 0.1) is 18.3 Å². The third-order valence-corrected chi connectivity index (χ3v) is 10.4. The number of hydrogen-bond donors (Lipinski definition) is 1. The van der Waals surface area contributed by atoms with Crippen LogP contribution in [0.2, 0.25) is 18.1 Å². The van der Waals surface area contributed by atoms with E-state index in [4.69, 9.17) is 10.2 Å². The molecule has 2 aromatic heterocycles. The maximum absolute atomic E-state index is 15.0. The minimum atomic E-state index is -2.00. The molecule has 0 atom stereocenters. The molecule has 0 aliphatic heterocycles. The summed E-state index contributed by atoms with van der Waals surface area (Å²) >= 11 is 0. The Morgan fingerprint density at radius 1 is 1.13 bits per heavy atom. The lowest BCUT2D eigenvalue weighted by Gasteiger charge is -2.36. The number of benzene rings is 1. The van der Waals surface area contributed by atoms with Crippen LogP contribution in [0.5, 0.6) is 0 Å². The molecule has 162 valence electrons. The van der Waals surface area contributed by atoms with Crippen LogP contribution in [-0.2, 0) is 11.0 Å². The summed E-state index contributed by atoms with van der Waals surface area (Å²) in [6, 6.07) is 4.47. The normalized spacial score (nSPS) is 12.9. The van der Waals surface area contributed by atoms with Crippen LogP contribution in [0.25, 0.3) is 22.2 Å². The van der Waals surface area contributed by atoms with Gasteiger partial charge in [-0.3, -0.25) is 0 Å². The van der Waals surface area contributed by atoms with Crippen molar-refractivity contribution >= 4 is 25.2 Å². The molecule has 30 heavy (non-hydrogen) atoms. The molecule has 0 spiro atoms. The molecule has 0 amide bonds. The van der Waals surface area contributed by atoms with Crippen LogP contribution in [0, 0.1) is 11.6 Å². The monoisotopic (exact) mass is 432 g/mol. The highest BCUT2D eigenvalue weighted by Crippen LogP contribution is 2.38. The van der Waals surface area contributed by atoms with Crippen LogP contribution in [0.4, 0.5) is 14.6 Å². The van der Waals surface area contributed by atoms with Crippen LogP contribution in [0.15, 0.2) is 24.4 Å². The molecule has 0 saturated heterocycles. The first-order chi connectivity index (χ1) is 13.8. The summed E-state index contributed by atoms with van der Waals surface area (Å²) in [6.07, 6.45) is 1.05. The van der Waals surface area contributed by atoms with Crippen molar-refractivity contribution in [2.75, 3.05) is 5.73 Å².